The Labute approximate surface area is 88.1 Å². The van der Waals surface area contributed by atoms with Crippen LogP contribution in [0.1, 0.15) is 5.56 Å². The lowest BCUT2D eigenvalue weighted by molar-refractivity contribution is -0.131. The topological polar surface area (TPSA) is 52.9 Å². The normalized spacial score (nSPS) is 11.0. The zero-order valence-electron chi connectivity index (χ0n) is 8.37. The average Bonchev–Trinajstić information content (AvgIpc) is 2.25. The summed E-state index contributed by atoms with van der Waals surface area (Å²) in [4.78, 5) is 10.2. The number of aliphatic carboxylic acids is 1. The monoisotopic (exact) mass is 204 g/mol. The fourth-order valence-electron chi connectivity index (χ4n) is 0.907. The van der Waals surface area contributed by atoms with E-state index in [1.165, 1.54) is 11.2 Å². The summed E-state index contributed by atoms with van der Waals surface area (Å²) in [5, 5.41) is 13.8. The first-order valence-corrected chi connectivity index (χ1v) is 4.41. The van der Waals surface area contributed by atoms with Crippen molar-refractivity contribution in [2.45, 2.75) is 0 Å². The van der Waals surface area contributed by atoms with Crippen LogP contribution >= 0.6 is 0 Å². The zero-order chi connectivity index (χ0) is 11.1. The minimum Gasteiger partial charge on any atom is -0.478 e. The summed E-state index contributed by atoms with van der Waals surface area (Å²) < 4.78 is 0. The smallest absolute Gasteiger partial charge is 0.329 e. The van der Waals surface area contributed by atoms with E-state index in [1.807, 2.05) is 30.3 Å². The van der Waals surface area contributed by atoms with E-state index in [0.717, 1.165) is 11.6 Å². The van der Waals surface area contributed by atoms with Gasteiger partial charge in [0.2, 0.25) is 0 Å². The van der Waals surface area contributed by atoms with Gasteiger partial charge < -0.3 is 5.11 Å². The summed E-state index contributed by atoms with van der Waals surface area (Å²) in [6.07, 6.45) is 4.07. The predicted octanol–water partition coefficient (Wildman–Crippen LogP) is 1.55. The van der Waals surface area contributed by atoms with Crippen molar-refractivity contribution in [1.82, 2.24) is 5.01 Å². The molecule has 0 aliphatic carbocycles. The maximum Gasteiger partial charge on any atom is 0.329 e. The number of hydrazone groups is 1. The van der Waals surface area contributed by atoms with E-state index in [9.17, 15) is 4.79 Å². The summed E-state index contributed by atoms with van der Waals surface area (Å²) in [5.74, 6) is -0.989. The molecule has 0 fully saturated rings. The molecule has 78 valence electrons. The molecule has 1 N–H and O–H groups in total. The van der Waals surface area contributed by atoms with E-state index in [4.69, 9.17) is 5.11 Å². The van der Waals surface area contributed by atoms with Crippen LogP contribution < -0.4 is 0 Å². The Bertz CT molecular complexity index is 371. The van der Waals surface area contributed by atoms with Crippen LogP contribution in [0.3, 0.4) is 0 Å². The number of nitrogens with zero attached hydrogens (tertiary/aromatic N) is 2. The second-order valence-corrected chi connectivity index (χ2v) is 2.88. The fraction of sp³-hybridized carbons (Fsp3) is 0.0909. The van der Waals surface area contributed by atoms with Crippen LogP contribution in [0.15, 0.2) is 47.7 Å². The number of hydrogen-bond acceptors (Lipinski definition) is 3. The molecule has 1 aromatic rings. The lowest BCUT2D eigenvalue weighted by Crippen LogP contribution is -2.03. The first-order chi connectivity index (χ1) is 7.18. The van der Waals surface area contributed by atoms with Crippen LogP contribution in [0.2, 0.25) is 0 Å². The van der Waals surface area contributed by atoms with Crippen molar-refractivity contribution in [1.29, 1.82) is 0 Å². The van der Waals surface area contributed by atoms with Gasteiger partial charge in [-0.25, -0.2) is 4.79 Å². The Balaban J connectivity index is 2.55. The lowest BCUT2D eigenvalue weighted by atomic mass is 10.2. The Morgan fingerprint density at radius 3 is 2.67 bits per heavy atom. The number of benzene rings is 1. The largest absolute Gasteiger partial charge is 0.478 e. The SMILES string of the molecule is CN(C=CC(=O)O)N=Cc1ccccc1. The molecule has 0 saturated carbocycles. The number of carboxylic acids is 1. The Kier molecular flexibility index (Phi) is 4.09. The minimum atomic E-state index is -0.989. The Morgan fingerprint density at radius 1 is 1.40 bits per heavy atom. The maximum atomic E-state index is 10.2. The predicted molar refractivity (Wildman–Crippen MR) is 58.6 cm³/mol. The van der Waals surface area contributed by atoms with Gasteiger partial charge in [-0.15, -0.1) is 0 Å². The van der Waals surface area contributed by atoms with Gasteiger partial charge in [0.25, 0.3) is 0 Å². The molecule has 0 radical (unpaired) electrons. The van der Waals surface area contributed by atoms with Gasteiger partial charge in [0.05, 0.1) is 6.21 Å². The number of carbonyl (C=O) groups is 1. The van der Waals surface area contributed by atoms with Crippen LogP contribution in [-0.4, -0.2) is 29.3 Å². The quantitative estimate of drug-likeness (QED) is 0.460. The zero-order valence-corrected chi connectivity index (χ0v) is 8.37. The fourth-order valence-corrected chi connectivity index (χ4v) is 0.907. The number of rotatable bonds is 4. The van der Waals surface area contributed by atoms with Crippen molar-refractivity contribution in [3.63, 3.8) is 0 Å². The first kappa shape index (κ1) is 11.0. The van der Waals surface area contributed by atoms with Crippen molar-refractivity contribution in [2.24, 2.45) is 5.10 Å². The molecule has 0 spiro atoms. The van der Waals surface area contributed by atoms with Gasteiger partial charge in [0.15, 0.2) is 0 Å². The third-order valence-corrected chi connectivity index (χ3v) is 1.62. The van der Waals surface area contributed by atoms with Crippen molar-refractivity contribution in [3.05, 3.63) is 48.2 Å². The van der Waals surface area contributed by atoms with Crippen LogP contribution in [0.25, 0.3) is 0 Å². The van der Waals surface area contributed by atoms with E-state index >= 15 is 0 Å². The maximum absolute atomic E-state index is 10.2. The van der Waals surface area contributed by atoms with E-state index in [0.29, 0.717) is 0 Å². The summed E-state index contributed by atoms with van der Waals surface area (Å²) in [5.41, 5.74) is 0.966. The second kappa shape index (κ2) is 5.59. The molecule has 4 heteroatoms. The molecule has 1 aromatic carbocycles. The van der Waals surface area contributed by atoms with E-state index in [1.54, 1.807) is 13.3 Å². The van der Waals surface area contributed by atoms with Gasteiger partial charge in [-0.05, 0) is 5.56 Å². The third-order valence-electron chi connectivity index (χ3n) is 1.62. The van der Waals surface area contributed by atoms with E-state index in [2.05, 4.69) is 5.10 Å². The van der Waals surface area contributed by atoms with E-state index in [-0.39, 0.29) is 0 Å². The molecule has 1 rings (SSSR count). The van der Waals surface area contributed by atoms with Gasteiger partial charge in [0.1, 0.15) is 0 Å². The Hall–Kier alpha value is -2.10. The molecular formula is C11H12N2O2. The molecule has 0 saturated heterocycles. The number of hydrogen-bond donors (Lipinski definition) is 1. The van der Waals surface area contributed by atoms with Crippen molar-refractivity contribution < 1.29 is 9.90 Å². The van der Waals surface area contributed by atoms with E-state index < -0.39 is 5.97 Å². The lowest BCUT2D eigenvalue weighted by Gasteiger charge is -2.04. The Morgan fingerprint density at radius 2 is 2.07 bits per heavy atom. The van der Waals surface area contributed by atoms with Gasteiger partial charge in [-0.3, -0.25) is 5.01 Å². The third kappa shape index (κ3) is 4.61. The molecule has 0 unspecified atom stereocenters. The van der Waals surface area contributed by atoms with Gasteiger partial charge in [0, 0.05) is 19.3 Å². The molecule has 15 heavy (non-hydrogen) atoms. The standard InChI is InChI=1S/C11H12N2O2/c1-13(8-7-11(14)15)12-9-10-5-3-2-4-6-10/h2-9H,1H3,(H,14,15). The molecule has 0 aromatic heterocycles. The number of carboxylic acid groups (broad SMARTS) is 1. The summed E-state index contributed by atoms with van der Waals surface area (Å²) in [7, 11) is 1.67. The van der Waals surface area contributed by atoms with Crippen LogP contribution in [-0.2, 0) is 4.79 Å². The van der Waals surface area contributed by atoms with Crippen molar-refractivity contribution in [3.8, 4) is 0 Å². The highest BCUT2D eigenvalue weighted by Crippen LogP contribution is 1.95. The summed E-state index contributed by atoms with van der Waals surface area (Å²) >= 11 is 0. The summed E-state index contributed by atoms with van der Waals surface area (Å²) in [6, 6.07) is 9.57. The van der Waals surface area contributed by atoms with Gasteiger partial charge in [-0.1, -0.05) is 30.3 Å². The van der Waals surface area contributed by atoms with Crippen molar-refractivity contribution >= 4 is 12.2 Å². The molecule has 0 aliphatic heterocycles. The van der Waals surface area contributed by atoms with Crippen LogP contribution in [0, 0.1) is 0 Å². The highest BCUT2D eigenvalue weighted by Gasteiger charge is 1.88. The highest BCUT2D eigenvalue weighted by atomic mass is 16.4. The van der Waals surface area contributed by atoms with Gasteiger partial charge in [-0.2, -0.15) is 5.10 Å². The van der Waals surface area contributed by atoms with Gasteiger partial charge >= 0.3 is 5.97 Å². The average molecular weight is 204 g/mol. The molecule has 0 amide bonds. The van der Waals surface area contributed by atoms with Crippen LogP contribution in [0.5, 0.6) is 0 Å². The molecule has 0 heterocycles. The highest BCUT2D eigenvalue weighted by molar-refractivity contribution is 5.80. The molecule has 0 aliphatic rings. The molecular weight excluding hydrogens is 192 g/mol. The second-order valence-electron chi connectivity index (χ2n) is 2.88. The molecule has 0 bridgehead atoms. The molecule has 0 atom stereocenters. The molecule has 4 nitrogen and oxygen atoms in total. The van der Waals surface area contributed by atoms with Crippen LogP contribution in [0.4, 0.5) is 0 Å². The van der Waals surface area contributed by atoms with Crippen molar-refractivity contribution in [2.75, 3.05) is 7.05 Å². The summed E-state index contributed by atoms with van der Waals surface area (Å²) in [6.45, 7) is 0. The first-order valence-electron chi connectivity index (χ1n) is 4.41. The minimum absolute atomic E-state index is 0.966.